The van der Waals surface area contributed by atoms with E-state index in [1.54, 1.807) is 13.2 Å². The molecule has 0 aromatic carbocycles. The van der Waals surface area contributed by atoms with E-state index < -0.39 is 0 Å². The van der Waals surface area contributed by atoms with Gasteiger partial charge in [0.15, 0.2) is 0 Å². The summed E-state index contributed by atoms with van der Waals surface area (Å²) < 4.78 is 5.00. The van der Waals surface area contributed by atoms with E-state index in [0.717, 1.165) is 12.2 Å². The normalized spacial score (nSPS) is 14.4. The lowest BCUT2D eigenvalue weighted by atomic mass is 10.2. The minimum atomic E-state index is 0.149. The Bertz CT molecular complexity index is 306. The molecule has 1 N–H and O–H groups in total. The predicted molar refractivity (Wildman–Crippen MR) is 61.6 cm³/mol. The summed E-state index contributed by atoms with van der Waals surface area (Å²) in [6.45, 7) is 4.04. The highest BCUT2D eigenvalue weighted by molar-refractivity contribution is 6.20. The van der Waals surface area contributed by atoms with Crippen molar-refractivity contribution in [3.63, 3.8) is 0 Å². The van der Waals surface area contributed by atoms with Crippen LogP contribution in [-0.2, 0) is 0 Å². The molecular weight excluding hydrogens is 214 g/mol. The van der Waals surface area contributed by atoms with Crippen molar-refractivity contribution in [2.75, 3.05) is 12.4 Å². The minimum absolute atomic E-state index is 0.149. The molecular formula is C10H16ClN3O. The number of anilines is 1. The maximum atomic E-state index is 5.90. The molecule has 1 rings (SSSR count). The van der Waals surface area contributed by atoms with Gasteiger partial charge in [0.05, 0.1) is 7.11 Å². The first-order chi connectivity index (χ1) is 7.11. The van der Waals surface area contributed by atoms with Crippen LogP contribution in [-0.4, -0.2) is 28.5 Å². The Labute approximate surface area is 95.0 Å². The Balaban J connectivity index is 2.55. The third-order valence-electron chi connectivity index (χ3n) is 1.92. The van der Waals surface area contributed by atoms with Crippen molar-refractivity contribution < 1.29 is 4.74 Å². The maximum absolute atomic E-state index is 5.90. The average molecular weight is 230 g/mol. The van der Waals surface area contributed by atoms with Crippen LogP contribution in [0.5, 0.6) is 5.88 Å². The highest BCUT2D eigenvalue weighted by Crippen LogP contribution is 2.13. The van der Waals surface area contributed by atoms with E-state index in [-0.39, 0.29) is 11.4 Å². The van der Waals surface area contributed by atoms with Gasteiger partial charge in [-0.3, -0.25) is 0 Å². The van der Waals surface area contributed by atoms with Gasteiger partial charge in [-0.25, -0.2) is 9.97 Å². The summed E-state index contributed by atoms with van der Waals surface area (Å²) in [5.41, 5.74) is 0. The lowest BCUT2D eigenvalue weighted by Crippen LogP contribution is -2.19. The van der Waals surface area contributed by atoms with Gasteiger partial charge in [-0.15, -0.1) is 11.6 Å². The molecule has 1 aromatic rings. The topological polar surface area (TPSA) is 47.0 Å². The van der Waals surface area contributed by atoms with Crippen LogP contribution in [0.15, 0.2) is 12.4 Å². The molecule has 15 heavy (non-hydrogen) atoms. The first kappa shape index (κ1) is 12.0. The number of aromatic nitrogens is 2. The molecule has 0 aliphatic heterocycles. The smallest absolute Gasteiger partial charge is 0.218 e. The summed E-state index contributed by atoms with van der Waals surface area (Å²) in [5.74, 6) is 1.31. The van der Waals surface area contributed by atoms with E-state index in [1.165, 1.54) is 6.33 Å². The summed E-state index contributed by atoms with van der Waals surface area (Å²) in [6.07, 6.45) is 2.35. The molecule has 0 radical (unpaired) electrons. The van der Waals surface area contributed by atoms with Gasteiger partial charge in [-0.1, -0.05) is 0 Å². The molecule has 2 unspecified atom stereocenters. The Morgan fingerprint density at radius 1 is 1.47 bits per heavy atom. The highest BCUT2D eigenvalue weighted by atomic mass is 35.5. The number of nitrogens with zero attached hydrogens (tertiary/aromatic N) is 2. The average Bonchev–Trinajstić information content (AvgIpc) is 2.16. The molecule has 4 nitrogen and oxygen atoms in total. The zero-order valence-electron chi connectivity index (χ0n) is 9.20. The lowest BCUT2D eigenvalue weighted by Gasteiger charge is -2.15. The standard InChI is InChI=1S/C10H16ClN3O/c1-7(11)4-8(2)14-9-5-10(15-3)13-6-12-9/h5-8H,4H2,1-3H3,(H,12,13,14). The van der Waals surface area contributed by atoms with Gasteiger partial charge < -0.3 is 10.1 Å². The Morgan fingerprint density at radius 2 is 2.20 bits per heavy atom. The number of hydrogen-bond acceptors (Lipinski definition) is 4. The predicted octanol–water partition coefficient (Wildman–Crippen LogP) is 2.30. The zero-order valence-corrected chi connectivity index (χ0v) is 9.95. The maximum Gasteiger partial charge on any atom is 0.218 e. The number of alkyl halides is 1. The van der Waals surface area contributed by atoms with Gasteiger partial charge in [0, 0.05) is 17.5 Å². The van der Waals surface area contributed by atoms with Gasteiger partial charge in [0.2, 0.25) is 5.88 Å². The van der Waals surface area contributed by atoms with Gasteiger partial charge in [-0.2, -0.15) is 0 Å². The van der Waals surface area contributed by atoms with Crippen LogP contribution in [0, 0.1) is 0 Å². The van der Waals surface area contributed by atoms with E-state index in [2.05, 4.69) is 22.2 Å². The SMILES string of the molecule is COc1cc(NC(C)CC(C)Cl)ncn1. The largest absolute Gasteiger partial charge is 0.481 e. The lowest BCUT2D eigenvalue weighted by molar-refractivity contribution is 0.397. The molecule has 0 amide bonds. The zero-order chi connectivity index (χ0) is 11.3. The quantitative estimate of drug-likeness (QED) is 0.788. The minimum Gasteiger partial charge on any atom is -0.481 e. The molecule has 0 saturated heterocycles. The first-order valence-electron chi connectivity index (χ1n) is 4.88. The molecule has 0 aliphatic rings. The van der Waals surface area contributed by atoms with Crippen molar-refractivity contribution in [2.24, 2.45) is 0 Å². The summed E-state index contributed by atoms with van der Waals surface area (Å²) >= 11 is 5.90. The first-order valence-corrected chi connectivity index (χ1v) is 5.32. The molecule has 1 heterocycles. The second kappa shape index (κ2) is 5.75. The van der Waals surface area contributed by atoms with E-state index >= 15 is 0 Å². The van der Waals surface area contributed by atoms with E-state index in [0.29, 0.717) is 5.88 Å². The van der Waals surface area contributed by atoms with Crippen molar-refractivity contribution >= 4 is 17.4 Å². The summed E-state index contributed by atoms with van der Waals surface area (Å²) in [7, 11) is 1.58. The van der Waals surface area contributed by atoms with Crippen LogP contribution < -0.4 is 10.1 Å². The second-order valence-corrected chi connectivity index (χ2v) is 4.25. The molecule has 1 aromatic heterocycles. The number of hydrogen-bond donors (Lipinski definition) is 1. The third kappa shape index (κ3) is 4.34. The van der Waals surface area contributed by atoms with Crippen molar-refractivity contribution in [2.45, 2.75) is 31.7 Å². The van der Waals surface area contributed by atoms with Crippen LogP contribution in [0.4, 0.5) is 5.82 Å². The van der Waals surface area contributed by atoms with Gasteiger partial charge in [-0.05, 0) is 20.3 Å². The van der Waals surface area contributed by atoms with Crippen LogP contribution >= 0.6 is 11.6 Å². The molecule has 0 spiro atoms. The molecule has 0 aliphatic carbocycles. The highest BCUT2D eigenvalue weighted by Gasteiger charge is 2.07. The fraction of sp³-hybridized carbons (Fsp3) is 0.600. The van der Waals surface area contributed by atoms with Crippen LogP contribution in [0.1, 0.15) is 20.3 Å². The Hall–Kier alpha value is -1.03. The summed E-state index contributed by atoms with van der Waals surface area (Å²) in [6, 6.07) is 2.03. The second-order valence-electron chi connectivity index (χ2n) is 3.51. The van der Waals surface area contributed by atoms with E-state index in [4.69, 9.17) is 16.3 Å². The fourth-order valence-electron chi connectivity index (χ4n) is 1.33. The summed E-state index contributed by atoms with van der Waals surface area (Å²) in [5, 5.41) is 3.38. The number of ether oxygens (including phenoxy) is 1. The van der Waals surface area contributed by atoms with Gasteiger partial charge >= 0.3 is 0 Å². The molecule has 0 bridgehead atoms. The van der Waals surface area contributed by atoms with Gasteiger partial charge in [0.1, 0.15) is 12.1 Å². The number of rotatable bonds is 5. The van der Waals surface area contributed by atoms with E-state index in [9.17, 15) is 0 Å². The monoisotopic (exact) mass is 229 g/mol. The fourth-order valence-corrected chi connectivity index (χ4v) is 1.60. The number of nitrogens with one attached hydrogen (secondary N) is 1. The number of halogens is 1. The number of methoxy groups -OCH3 is 1. The molecule has 0 fully saturated rings. The van der Waals surface area contributed by atoms with E-state index in [1.807, 2.05) is 6.92 Å². The van der Waals surface area contributed by atoms with Gasteiger partial charge in [0.25, 0.3) is 0 Å². The Morgan fingerprint density at radius 3 is 2.80 bits per heavy atom. The van der Waals surface area contributed by atoms with Crippen molar-refractivity contribution in [3.05, 3.63) is 12.4 Å². The molecule has 84 valence electrons. The molecule has 2 atom stereocenters. The van der Waals surface area contributed by atoms with Crippen LogP contribution in [0.25, 0.3) is 0 Å². The molecule has 5 heteroatoms. The Kier molecular flexibility index (Phi) is 4.62. The van der Waals surface area contributed by atoms with Crippen LogP contribution in [0.2, 0.25) is 0 Å². The third-order valence-corrected chi connectivity index (χ3v) is 2.10. The summed E-state index contributed by atoms with van der Waals surface area (Å²) in [4.78, 5) is 8.02. The van der Waals surface area contributed by atoms with Crippen molar-refractivity contribution in [1.29, 1.82) is 0 Å². The van der Waals surface area contributed by atoms with Crippen molar-refractivity contribution in [3.8, 4) is 5.88 Å². The van der Waals surface area contributed by atoms with Crippen molar-refractivity contribution in [1.82, 2.24) is 9.97 Å². The van der Waals surface area contributed by atoms with Crippen LogP contribution in [0.3, 0.4) is 0 Å². The molecule has 0 saturated carbocycles.